The van der Waals surface area contributed by atoms with Crippen molar-refractivity contribution in [2.75, 3.05) is 39.4 Å². The molecule has 2 aliphatic heterocycles. The summed E-state index contributed by atoms with van der Waals surface area (Å²) in [6.45, 7) is 5.69. The molecule has 2 fully saturated rings. The summed E-state index contributed by atoms with van der Waals surface area (Å²) in [4.78, 5) is 27.7. The molecule has 3 rings (SSSR count). The van der Waals surface area contributed by atoms with E-state index in [1.165, 1.54) is 28.6 Å². The molecular formula is C21H30FN3O5S. The molecule has 1 atom stereocenters. The molecule has 0 radical (unpaired) electrons. The van der Waals surface area contributed by atoms with E-state index in [9.17, 15) is 22.4 Å². The van der Waals surface area contributed by atoms with Crippen LogP contribution in [0.2, 0.25) is 0 Å². The maximum atomic E-state index is 13.3. The Kier molecular flexibility index (Phi) is 7.66. The zero-order chi connectivity index (χ0) is 22.6. The Balaban J connectivity index is 1.75. The van der Waals surface area contributed by atoms with Crippen LogP contribution in [-0.2, 0) is 19.6 Å². The van der Waals surface area contributed by atoms with Crippen LogP contribution in [0, 0.1) is 11.7 Å². The van der Waals surface area contributed by atoms with Crippen LogP contribution in [0.1, 0.15) is 37.0 Å². The number of nitrogens with zero attached hydrogens (tertiary/aromatic N) is 2. The van der Waals surface area contributed by atoms with Crippen molar-refractivity contribution in [3.8, 4) is 0 Å². The summed E-state index contributed by atoms with van der Waals surface area (Å²) in [5, 5.41) is 2.33. The molecule has 8 nitrogen and oxygen atoms in total. The van der Waals surface area contributed by atoms with Gasteiger partial charge < -0.3 is 15.0 Å². The van der Waals surface area contributed by atoms with Gasteiger partial charge in [-0.1, -0.05) is 0 Å². The van der Waals surface area contributed by atoms with Crippen molar-refractivity contribution < 1.29 is 27.1 Å². The summed E-state index contributed by atoms with van der Waals surface area (Å²) in [5.41, 5.74) is 0.265. The van der Waals surface area contributed by atoms with Crippen LogP contribution in [0.25, 0.3) is 0 Å². The topological polar surface area (TPSA) is 96.0 Å². The summed E-state index contributed by atoms with van der Waals surface area (Å²) >= 11 is 0. The first-order valence-corrected chi connectivity index (χ1v) is 12.1. The molecule has 1 N–H and O–H groups in total. The number of halogens is 1. The zero-order valence-electron chi connectivity index (χ0n) is 17.9. The lowest BCUT2D eigenvalue weighted by molar-refractivity contribution is -0.139. The average molecular weight is 456 g/mol. The average Bonchev–Trinajstić information content (AvgIpc) is 2.78. The molecule has 0 aromatic heterocycles. The molecule has 2 amide bonds. The van der Waals surface area contributed by atoms with Crippen LogP contribution in [-0.4, -0.2) is 80.1 Å². The molecule has 0 aliphatic carbocycles. The van der Waals surface area contributed by atoms with Crippen LogP contribution < -0.4 is 5.32 Å². The molecule has 0 saturated carbocycles. The third kappa shape index (κ3) is 5.61. The van der Waals surface area contributed by atoms with Gasteiger partial charge in [0.2, 0.25) is 15.9 Å². The number of amides is 2. The van der Waals surface area contributed by atoms with E-state index in [0.29, 0.717) is 52.2 Å². The predicted molar refractivity (Wildman–Crippen MR) is 113 cm³/mol. The number of carbonyl (C=O) groups is 2. The fourth-order valence-corrected chi connectivity index (χ4v) is 5.27. The Bertz CT molecular complexity index is 877. The number of rotatable bonds is 6. The summed E-state index contributed by atoms with van der Waals surface area (Å²) in [5.74, 6) is -1.29. The third-order valence-electron chi connectivity index (χ3n) is 5.91. The minimum Gasteiger partial charge on any atom is -0.378 e. The number of hydrogen-bond acceptors (Lipinski definition) is 5. The van der Waals surface area contributed by atoms with Gasteiger partial charge in [-0.15, -0.1) is 0 Å². The smallest absolute Gasteiger partial charge is 0.251 e. The van der Waals surface area contributed by atoms with Crippen LogP contribution >= 0.6 is 0 Å². The van der Waals surface area contributed by atoms with Crippen LogP contribution in [0.5, 0.6) is 0 Å². The Labute approximate surface area is 182 Å². The van der Waals surface area contributed by atoms with Crippen molar-refractivity contribution in [1.29, 1.82) is 0 Å². The molecule has 10 heteroatoms. The van der Waals surface area contributed by atoms with Crippen LogP contribution in [0.3, 0.4) is 0 Å². The van der Waals surface area contributed by atoms with Crippen LogP contribution in [0.15, 0.2) is 24.3 Å². The van der Waals surface area contributed by atoms with Gasteiger partial charge in [-0.25, -0.2) is 17.1 Å². The van der Waals surface area contributed by atoms with E-state index < -0.39 is 33.0 Å². The van der Waals surface area contributed by atoms with Crippen molar-refractivity contribution >= 4 is 21.8 Å². The molecule has 0 bridgehead atoms. The highest BCUT2D eigenvalue weighted by atomic mass is 32.2. The summed E-state index contributed by atoms with van der Waals surface area (Å²) in [6, 6.07) is 4.36. The van der Waals surface area contributed by atoms with E-state index >= 15 is 0 Å². The van der Waals surface area contributed by atoms with Gasteiger partial charge in [-0.05, 0) is 56.9 Å². The summed E-state index contributed by atoms with van der Waals surface area (Å²) < 4.78 is 44.9. The van der Waals surface area contributed by atoms with E-state index in [0.717, 1.165) is 0 Å². The van der Waals surface area contributed by atoms with Crippen molar-refractivity contribution in [2.45, 2.75) is 38.0 Å². The number of morpholine rings is 1. The second-order valence-electron chi connectivity index (χ2n) is 8.23. The minimum atomic E-state index is -3.36. The van der Waals surface area contributed by atoms with E-state index in [1.807, 2.05) is 0 Å². The quantitative estimate of drug-likeness (QED) is 0.696. The maximum Gasteiger partial charge on any atom is 0.251 e. The number of carbonyl (C=O) groups excluding carboxylic acids is 2. The van der Waals surface area contributed by atoms with Gasteiger partial charge in [-0.2, -0.15) is 0 Å². The summed E-state index contributed by atoms with van der Waals surface area (Å²) in [6.07, 6.45) is 0.937. The third-order valence-corrected chi connectivity index (χ3v) is 8.18. The van der Waals surface area contributed by atoms with Crippen molar-refractivity contribution in [3.05, 3.63) is 35.6 Å². The monoisotopic (exact) mass is 455 g/mol. The van der Waals surface area contributed by atoms with Gasteiger partial charge in [-0.3, -0.25) is 9.59 Å². The first-order chi connectivity index (χ1) is 14.7. The predicted octanol–water partition coefficient (Wildman–Crippen LogP) is 1.23. The molecule has 0 spiro atoms. The molecule has 1 aromatic rings. The minimum absolute atomic E-state index is 0.191. The van der Waals surface area contributed by atoms with Gasteiger partial charge >= 0.3 is 0 Å². The number of ether oxygens (including phenoxy) is 1. The highest BCUT2D eigenvalue weighted by molar-refractivity contribution is 7.89. The van der Waals surface area contributed by atoms with Gasteiger partial charge in [0.05, 0.1) is 18.5 Å². The highest BCUT2D eigenvalue weighted by Gasteiger charge is 2.38. The fraction of sp³-hybridized carbons (Fsp3) is 0.619. The molecule has 2 aliphatic rings. The lowest BCUT2D eigenvalue weighted by Gasteiger charge is -2.38. The first-order valence-electron chi connectivity index (χ1n) is 10.6. The standard InChI is InChI=1S/C21H30FN3O5S/c1-15(2)31(28,29)25-9-7-16(8-10-25)19(21(27)24-11-13-30-14-12-24)23-20(26)17-3-5-18(22)6-4-17/h3-6,15-16,19H,7-14H2,1-2H3,(H,23,26). The van der Waals surface area contributed by atoms with Gasteiger partial charge in [0.15, 0.2) is 0 Å². The Morgan fingerprint density at radius 2 is 1.65 bits per heavy atom. The van der Waals surface area contributed by atoms with Crippen molar-refractivity contribution in [2.24, 2.45) is 5.92 Å². The molecule has 1 unspecified atom stereocenters. The first kappa shape index (κ1) is 23.6. The number of hydrogen-bond donors (Lipinski definition) is 1. The SMILES string of the molecule is CC(C)S(=O)(=O)N1CCC(C(NC(=O)c2ccc(F)cc2)C(=O)N2CCOCC2)CC1. The number of sulfonamides is 1. The number of nitrogens with one attached hydrogen (secondary N) is 1. The zero-order valence-corrected chi connectivity index (χ0v) is 18.7. The lowest BCUT2D eigenvalue weighted by atomic mass is 9.89. The Morgan fingerprint density at radius 3 is 2.19 bits per heavy atom. The molecule has 31 heavy (non-hydrogen) atoms. The van der Waals surface area contributed by atoms with E-state index in [4.69, 9.17) is 4.74 Å². The van der Waals surface area contributed by atoms with Gasteiger partial charge in [0, 0.05) is 31.7 Å². The van der Waals surface area contributed by atoms with Crippen LogP contribution in [0.4, 0.5) is 4.39 Å². The van der Waals surface area contributed by atoms with Gasteiger partial charge in [0.25, 0.3) is 5.91 Å². The normalized spacial score (nSPS) is 19.9. The van der Waals surface area contributed by atoms with Gasteiger partial charge in [0.1, 0.15) is 11.9 Å². The maximum absolute atomic E-state index is 13.3. The fourth-order valence-electron chi connectivity index (χ4n) is 3.95. The van der Waals surface area contributed by atoms with Crippen molar-refractivity contribution in [1.82, 2.24) is 14.5 Å². The van der Waals surface area contributed by atoms with Crippen molar-refractivity contribution in [3.63, 3.8) is 0 Å². The summed E-state index contributed by atoms with van der Waals surface area (Å²) in [7, 11) is -3.36. The molecular weight excluding hydrogens is 425 g/mol. The second kappa shape index (κ2) is 10.1. The molecule has 172 valence electrons. The van der Waals surface area contributed by atoms with E-state index in [1.54, 1.807) is 18.7 Å². The molecule has 2 saturated heterocycles. The van der Waals surface area contributed by atoms with E-state index in [2.05, 4.69) is 5.32 Å². The second-order valence-corrected chi connectivity index (χ2v) is 10.7. The number of piperidine rings is 1. The molecule has 1 aromatic carbocycles. The largest absolute Gasteiger partial charge is 0.378 e. The highest BCUT2D eigenvalue weighted by Crippen LogP contribution is 2.26. The number of benzene rings is 1. The Hall–Kier alpha value is -2.04. The Morgan fingerprint density at radius 1 is 1.06 bits per heavy atom. The molecule has 2 heterocycles. The van der Waals surface area contributed by atoms with E-state index in [-0.39, 0.29) is 17.4 Å². The lowest BCUT2D eigenvalue weighted by Crippen LogP contribution is -2.56.